The minimum Gasteiger partial charge on any atom is -0.312 e. The van der Waals surface area contributed by atoms with E-state index in [0.717, 1.165) is 0 Å². The van der Waals surface area contributed by atoms with E-state index in [1.54, 1.807) is 6.07 Å². The minimum absolute atomic E-state index is 1.43. The number of rotatable bonds is 0. The molecule has 74 valence electrons. The molecule has 12 heavy (non-hydrogen) atoms. The molecule has 0 fully saturated rings. The second-order valence-corrected chi connectivity index (χ2v) is 2.91. The van der Waals surface area contributed by atoms with Crippen LogP contribution < -0.4 is 0 Å². The Morgan fingerprint density at radius 2 is 1.25 bits per heavy atom. The zero-order chi connectivity index (χ0) is 10.8. The third-order valence-corrected chi connectivity index (χ3v) is 0. The summed E-state index contributed by atoms with van der Waals surface area (Å²) in [7, 11) is 1.33. The van der Waals surface area contributed by atoms with E-state index in [1.165, 1.54) is 6.92 Å². The predicted molar refractivity (Wildman–Crippen MR) is 45.1 cm³/mol. The molecule has 0 unspecified atom stereocenters. The van der Waals surface area contributed by atoms with Crippen molar-refractivity contribution in [1.82, 2.24) is 4.90 Å². The van der Waals surface area contributed by atoms with Gasteiger partial charge in [-0.3, -0.25) is 9.11 Å². The minimum atomic E-state index is -4.67. The SMILES string of the molecule is CC#N.CN(C)C.O=S(=O)(O)O. The van der Waals surface area contributed by atoms with Crippen LogP contribution in [0, 0.1) is 11.3 Å². The Kier molecular flexibility index (Phi) is 15.0. The van der Waals surface area contributed by atoms with Crippen molar-refractivity contribution in [2.24, 2.45) is 0 Å². The van der Waals surface area contributed by atoms with Gasteiger partial charge in [-0.25, -0.2) is 0 Å². The van der Waals surface area contributed by atoms with Crippen LogP contribution in [0.1, 0.15) is 6.92 Å². The summed E-state index contributed by atoms with van der Waals surface area (Å²) < 4.78 is 31.6. The van der Waals surface area contributed by atoms with Crippen LogP contribution in [0.3, 0.4) is 0 Å². The Balaban J connectivity index is -0.000000105. The molecule has 0 bridgehead atoms. The first-order valence-electron chi connectivity index (χ1n) is 2.76. The highest BCUT2D eigenvalue weighted by atomic mass is 32.3. The summed E-state index contributed by atoms with van der Waals surface area (Å²) in [5, 5.41) is 7.32. The van der Waals surface area contributed by atoms with Gasteiger partial charge in [-0.15, -0.1) is 0 Å². The number of hydrogen-bond donors (Lipinski definition) is 2. The van der Waals surface area contributed by atoms with Gasteiger partial charge >= 0.3 is 10.4 Å². The van der Waals surface area contributed by atoms with E-state index < -0.39 is 10.4 Å². The Morgan fingerprint density at radius 1 is 1.25 bits per heavy atom. The highest BCUT2D eigenvalue weighted by molar-refractivity contribution is 7.79. The molecule has 6 nitrogen and oxygen atoms in total. The van der Waals surface area contributed by atoms with E-state index in [1.807, 2.05) is 26.0 Å². The van der Waals surface area contributed by atoms with Crippen molar-refractivity contribution in [3.8, 4) is 6.07 Å². The molecule has 0 aromatic rings. The molecule has 0 atom stereocenters. The zero-order valence-corrected chi connectivity index (χ0v) is 8.33. The molecule has 0 rings (SSSR count). The molecule has 0 aliphatic rings. The molecule has 0 saturated carbocycles. The maximum atomic E-state index is 8.74. The van der Waals surface area contributed by atoms with Crippen LogP contribution in [0.2, 0.25) is 0 Å². The molecule has 0 aromatic carbocycles. The molecule has 0 aliphatic heterocycles. The first-order valence-corrected chi connectivity index (χ1v) is 4.16. The second-order valence-electron chi connectivity index (χ2n) is 2.01. The largest absolute Gasteiger partial charge is 0.394 e. The van der Waals surface area contributed by atoms with E-state index in [-0.39, 0.29) is 0 Å². The van der Waals surface area contributed by atoms with E-state index in [0.29, 0.717) is 0 Å². The lowest BCUT2D eigenvalue weighted by Crippen LogP contribution is -1.99. The lowest BCUT2D eigenvalue weighted by Gasteiger charge is -1.90. The molecule has 0 aromatic heterocycles. The van der Waals surface area contributed by atoms with Crippen molar-refractivity contribution < 1.29 is 17.5 Å². The van der Waals surface area contributed by atoms with E-state index in [9.17, 15) is 0 Å². The Morgan fingerprint density at radius 3 is 1.25 bits per heavy atom. The number of nitrogens with zero attached hydrogens (tertiary/aromatic N) is 2. The third-order valence-electron chi connectivity index (χ3n) is 0. The van der Waals surface area contributed by atoms with Crippen molar-refractivity contribution in [1.29, 1.82) is 5.26 Å². The maximum absolute atomic E-state index is 8.74. The van der Waals surface area contributed by atoms with E-state index >= 15 is 0 Å². The van der Waals surface area contributed by atoms with Crippen molar-refractivity contribution in [2.45, 2.75) is 6.92 Å². The molecule has 0 saturated heterocycles. The maximum Gasteiger partial charge on any atom is 0.394 e. The lowest BCUT2D eigenvalue weighted by atomic mass is 11.0. The summed E-state index contributed by atoms with van der Waals surface area (Å²) in [6, 6.07) is 1.75. The molecular weight excluding hydrogens is 184 g/mol. The van der Waals surface area contributed by atoms with Gasteiger partial charge in [-0.1, -0.05) is 0 Å². The van der Waals surface area contributed by atoms with Crippen LogP contribution in [-0.4, -0.2) is 43.6 Å². The van der Waals surface area contributed by atoms with Gasteiger partial charge in [-0.2, -0.15) is 13.7 Å². The highest BCUT2D eigenvalue weighted by Crippen LogP contribution is 1.59. The average molecular weight is 198 g/mol. The second kappa shape index (κ2) is 10.3. The summed E-state index contributed by atoms with van der Waals surface area (Å²) in [5.74, 6) is 0. The monoisotopic (exact) mass is 198 g/mol. The van der Waals surface area contributed by atoms with Crippen LogP contribution in [0.4, 0.5) is 0 Å². The molecule has 0 radical (unpaired) electrons. The highest BCUT2D eigenvalue weighted by Gasteiger charge is 1.84. The molecule has 0 amide bonds. The summed E-state index contributed by atoms with van der Waals surface area (Å²) in [6.45, 7) is 1.43. The van der Waals surface area contributed by atoms with Gasteiger partial charge in [0.2, 0.25) is 0 Å². The Bertz CT molecular complexity index is 193. The molecule has 0 aliphatic carbocycles. The predicted octanol–water partition coefficient (Wildman–Crippen LogP) is 0.0549. The Labute approximate surface area is 73.0 Å². The summed E-state index contributed by atoms with van der Waals surface area (Å²) in [6.07, 6.45) is 0. The van der Waals surface area contributed by atoms with Crippen molar-refractivity contribution >= 4 is 10.4 Å². The zero-order valence-electron chi connectivity index (χ0n) is 7.51. The normalized spacial score (nSPS) is 8.50. The molecule has 0 spiro atoms. The van der Waals surface area contributed by atoms with Gasteiger partial charge in [0.15, 0.2) is 0 Å². The fourth-order valence-corrected chi connectivity index (χ4v) is 0. The van der Waals surface area contributed by atoms with Gasteiger partial charge in [0.25, 0.3) is 0 Å². The van der Waals surface area contributed by atoms with Crippen LogP contribution in [-0.2, 0) is 10.4 Å². The van der Waals surface area contributed by atoms with Gasteiger partial charge in [0, 0.05) is 6.92 Å². The quantitative estimate of drug-likeness (QED) is 0.533. The van der Waals surface area contributed by atoms with Gasteiger partial charge in [0.1, 0.15) is 0 Å². The standard InChI is InChI=1S/C3H9N.C2H3N.H2O4S/c1-4(2)3;1-2-3;1-5(2,3)4/h1-3H3;1H3;(H2,1,2,3,4). The van der Waals surface area contributed by atoms with Crippen molar-refractivity contribution in [2.75, 3.05) is 21.1 Å². The van der Waals surface area contributed by atoms with Crippen LogP contribution in [0.15, 0.2) is 0 Å². The van der Waals surface area contributed by atoms with Crippen LogP contribution in [0.25, 0.3) is 0 Å². The fraction of sp³-hybridized carbons (Fsp3) is 0.800. The van der Waals surface area contributed by atoms with Gasteiger partial charge in [-0.05, 0) is 21.1 Å². The van der Waals surface area contributed by atoms with Gasteiger partial charge < -0.3 is 4.90 Å². The first-order chi connectivity index (χ1) is 5.15. The number of nitriles is 1. The fourth-order valence-electron chi connectivity index (χ4n) is 0. The molecule has 0 heterocycles. The van der Waals surface area contributed by atoms with Crippen LogP contribution in [0.5, 0.6) is 0 Å². The lowest BCUT2D eigenvalue weighted by molar-refractivity contribution is 0.381. The smallest absolute Gasteiger partial charge is 0.312 e. The molecule has 7 heteroatoms. The molecule has 2 N–H and O–H groups in total. The molecular formula is C5H14N2O4S. The van der Waals surface area contributed by atoms with Crippen molar-refractivity contribution in [3.63, 3.8) is 0 Å². The first kappa shape index (κ1) is 17.4. The van der Waals surface area contributed by atoms with Crippen LogP contribution >= 0.6 is 0 Å². The summed E-state index contributed by atoms with van der Waals surface area (Å²) in [5.41, 5.74) is 0. The third kappa shape index (κ3) is 1400. The average Bonchev–Trinajstić information content (AvgIpc) is 1.56. The van der Waals surface area contributed by atoms with E-state index in [4.69, 9.17) is 22.8 Å². The van der Waals surface area contributed by atoms with E-state index in [2.05, 4.69) is 0 Å². The summed E-state index contributed by atoms with van der Waals surface area (Å²) >= 11 is 0. The summed E-state index contributed by atoms with van der Waals surface area (Å²) in [4.78, 5) is 2.00. The Hall–Kier alpha value is -0.680. The van der Waals surface area contributed by atoms with Gasteiger partial charge in [0.05, 0.1) is 6.07 Å². The number of hydrogen-bond acceptors (Lipinski definition) is 4. The van der Waals surface area contributed by atoms with Crippen molar-refractivity contribution in [3.05, 3.63) is 0 Å². The topological polar surface area (TPSA) is 102 Å².